The maximum absolute atomic E-state index is 4.95. The molecule has 2 nitrogen and oxygen atoms in total. The second kappa shape index (κ2) is 4.56. The molecule has 0 spiro atoms. The standard InChI is InChI=1S/C13H20N2S2/c1-9-7-13(14-2,8-16-9)12-15-10-5-3-4-6-11(10)17-12/h9,14H,3-8H2,1-2H3. The fourth-order valence-electron chi connectivity index (χ4n) is 2.88. The summed E-state index contributed by atoms with van der Waals surface area (Å²) in [7, 11) is 2.10. The van der Waals surface area contributed by atoms with Crippen LogP contribution in [-0.2, 0) is 18.4 Å². The number of nitrogens with one attached hydrogen (secondary N) is 1. The Bertz CT molecular complexity index is 392. The number of hydrogen-bond acceptors (Lipinski definition) is 4. The molecule has 1 aromatic rings. The van der Waals surface area contributed by atoms with Gasteiger partial charge in [-0.15, -0.1) is 11.3 Å². The maximum atomic E-state index is 4.95. The van der Waals surface area contributed by atoms with Crippen molar-refractivity contribution in [2.45, 2.75) is 49.8 Å². The SMILES string of the molecule is CNC1(c2nc3c(s2)CCCC3)CSC(C)C1. The smallest absolute Gasteiger partial charge is 0.114 e. The number of hydrogen-bond donors (Lipinski definition) is 1. The third kappa shape index (κ3) is 2.04. The van der Waals surface area contributed by atoms with Gasteiger partial charge in [0.2, 0.25) is 0 Å². The summed E-state index contributed by atoms with van der Waals surface area (Å²) >= 11 is 4.04. The molecular weight excluding hydrogens is 248 g/mol. The van der Waals surface area contributed by atoms with Crippen LogP contribution in [0.5, 0.6) is 0 Å². The summed E-state index contributed by atoms with van der Waals surface area (Å²) in [6.45, 7) is 2.33. The van der Waals surface area contributed by atoms with Crippen molar-refractivity contribution in [2.75, 3.05) is 12.8 Å². The van der Waals surface area contributed by atoms with Crippen LogP contribution in [0.25, 0.3) is 0 Å². The Labute approximate surface area is 112 Å². The van der Waals surface area contributed by atoms with Crippen LogP contribution in [0, 0.1) is 0 Å². The van der Waals surface area contributed by atoms with Gasteiger partial charge in [-0.25, -0.2) is 4.98 Å². The van der Waals surface area contributed by atoms with Gasteiger partial charge in [0.05, 0.1) is 11.2 Å². The summed E-state index contributed by atoms with van der Waals surface area (Å²) in [6, 6.07) is 0. The van der Waals surface area contributed by atoms with Crippen LogP contribution in [-0.4, -0.2) is 23.0 Å². The average molecular weight is 268 g/mol. The van der Waals surface area contributed by atoms with E-state index in [9.17, 15) is 0 Å². The highest BCUT2D eigenvalue weighted by atomic mass is 32.2. The zero-order valence-electron chi connectivity index (χ0n) is 10.6. The van der Waals surface area contributed by atoms with E-state index in [1.165, 1.54) is 48.6 Å². The van der Waals surface area contributed by atoms with Gasteiger partial charge >= 0.3 is 0 Å². The molecule has 2 unspecified atom stereocenters. The summed E-state index contributed by atoms with van der Waals surface area (Å²) in [4.78, 5) is 6.51. The molecule has 1 aliphatic carbocycles. The van der Waals surface area contributed by atoms with E-state index in [1.807, 2.05) is 11.3 Å². The molecule has 0 bridgehead atoms. The lowest BCUT2D eigenvalue weighted by Gasteiger charge is -2.25. The molecule has 1 N–H and O–H groups in total. The molecule has 0 saturated carbocycles. The molecule has 0 amide bonds. The van der Waals surface area contributed by atoms with Gasteiger partial charge in [0.25, 0.3) is 0 Å². The first kappa shape index (κ1) is 12.0. The van der Waals surface area contributed by atoms with Crippen molar-refractivity contribution >= 4 is 23.1 Å². The van der Waals surface area contributed by atoms with Crippen molar-refractivity contribution in [2.24, 2.45) is 0 Å². The van der Waals surface area contributed by atoms with Gasteiger partial charge in [-0.05, 0) is 39.2 Å². The largest absolute Gasteiger partial charge is 0.308 e. The van der Waals surface area contributed by atoms with E-state index in [-0.39, 0.29) is 5.54 Å². The third-order valence-electron chi connectivity index (χ3n) is 3.98. The monoisotopic (exact) mass is 268 g/mol. The van der Waals surface area contributed by atoms with Crippen LogP contribution in [0.3, 0.4) is 0 Å². The molecule has 2 atom stereocenters. The van der Waals surface area contributed by atoms with Gasteiger partial charge in [0, 0.05) is 15.9 Å². The zero-order chi connectivity index (χ0) is 11.9. The number of aromatic nitrogens is 1. The molecule has 1 saturated heterocycles. The van der Waals surface area contributed by atoms with Crippen LogP contribution >= 0.6 is 23.1 Å². The lowest BCUT2D eigenvalue weighted by Crippen LogP contribution is -2.40. The molecular formula is C13H20N2S2. The minimum atomic E-state index is 0.159. The van der Waals surface area contributed by atoms with Gasteiger partial charge in [-0.1, -0.05) is 6.92 Å². The first-order chi connectivity index (χ1) is 8.23. The highest BCUT2D eigenvalue weighted by Gasteiger charge is 2.41. The van der Waals surface area contributed by atoms with Crippen molar-refractivity contribution in [3.05, 3.63) is 15.6 Å². The fourth-order valence-corrected chi connectivity index (χ4v) is 5.70. The average Bonchev–Trinajstić information content (AvgIpc) is 2.93. The molecule has 17 heavy (non-hydrogen) atoms. The highest BCUT2D eigenvalue weighted by Crippen LogP contribution is 2.43. The van der Waals surface area contributed by atoms with E-state index in [0.29, 0.717) is 0 Å². The van der Waals surface area contributed by atoms with E-state index in [0.717, 1.165) is 5.25 Å². The van der Waals surface area contributed by atoms with Crippen molar-refractivity contribution in [1.29, 1.82) is 0 Å². The number of aryl methyl sites for hydroxylation is 2. The quantitative estimate of drug-likeness (QED) is 0.892. The Hall–Kier alpha value is -0.0600. The molecule has 1 aliphatic heterocycles. The Balaban J connectivity index is 1.94. The van der Waals surface area contributed by atoms with E-state index >= 15 is 0 Å². The van der Waals surface area contributed by atoms with E-state index in [4.69, 9.17) is 4.98 Å². The van der Waals surface area contributed by atoms with Crippen molar-refractivity contribution < 1.29 is 0 Å². The van der Waals surface area contributed by atoms with Gasteiger partial charge in [-0.2, -0.15) is 11.8 Å². The molecule has 0 aromatic carbocycles. The Kier molecular flexibility index (Phi) is 3.22. The number of nitrogens with zero attached hydrogens (tertiary/aromatic N) is 1. The fraction of sp³-hybridized carbons (Fsp3) is 0.769. The van der Waals surface area contributed by atoms with Gasteiger partial charge in [-0.3, -0.25) is 0 Å². The molecule has 0 radical (unpaired) electrons. The molecule has 1 aromatic heterocycles. The lowest BCUT2D eigenvalue weighted by molar-refractivity contribution is 0.393. The number of thiazole rings is 1. The van der Waals surface area contributed by atoms with Gasteiger partial charge in [0.15, 0.2) is 0 Å². The molecule has 4 heteroatoms. The van der Waals surface area contributed by atoms with Crippen molar-refractivity contribution in [3.63, 3.8) is 0 Å². The summed E-state index contributed by atoms with van der Waals surface area (Å²) in [6.07, 6.45) is 6.37. The van der Waals surface area contributed by atoms with Crippen LogP contribution < -0.4 is 5.32 Å². The van der Waals surface area contributed by atoms with E-state index < -0.39 is 0 Å². The van der Waals surface area contributed by atoms with E-state index in [1.54, 1.807) is 4.88 Å². The Morgan fingerprint density at radius 3 is 2.82 bits per heavy atom. The molecule has 2 heterocycles. The number of thioether (sulfide) groups is 1. The maximum Gasteiger partial charge on any atom is 0.114 e. The minimum absolute atomic E-state index is 0.159. The lowest BCUT2D eigenvalue weighted by atomic mass is 9.97. The summed E-state index contributed by atoms with van der Waals surface area (Å²) < 4.78 is 0. The van der Waals surface area contributed by atoms with Crippen molar-refractivity contribution in [3.8, 4) is 0 Å². The van der Waals surface area contributed by atoms with E-state index in [2.05, 4.69) is 31.1 Å². The molecule has 2 aliphatic rings. The molecule has 94 valence electrons. The van der Waals surface area contributed by atoms with Crippen molar-refractivity contribution in [1.82, 2.24) is 10.3 Å². The van der Waals surface area contributed by atoms with Gasteiger partial charge in [0.1, 0.15) is 5.01 Å². The van der Waals surface area contributed by atoms with Crippen LogP contribution in [0.2, 0.25) is 0 Å². The topological polar surface area (TPSA) is 24.9 Å². The summed E-state index contributed by atoms with van der Waals surface area (Å²) in [5, 5.41) is 5.66. The predicted molar refractivity (Wildman–Crippen MR) is 76.0 cm³/mol. The first-order valence-corrected chi connectivity index (χ1v) is 8.39. The molecule has 3 rings (SSSR count). The first-order valence-electron chi connectivity index (χ1n) is 6.53. The third-order valence-corrected chi connectivity index (χ3v) is 6.74. The van der Waals surface area contributed by atoms with Crippen LogP contribution in [0.4, 0.5) is 0 Å². The predicted octanol–water partition coefficient (Wildman–Crippen LogP) is 2.96. The van der Waals surface area contributed by atoms with Gasteiger partial charge < -0.3 is 5.32 Å². The summed E-state index contributed by atoms with van der Waals surface area (Å²) in [5.74, 6) is 1.18. The Morgan fingerprint density at radius 2 is 2.18 bits per heavy atom. The zero-order valence-corrected chi connectivity index (χ0v) is 12.2. The van der Waals surface area contributed by atoms with Crippen LogP contribution in [0.15, 0.2) is 0 Å². The normalized spacial score (nSPS) is 32.7. The second-order valence-electron chi connectivity index (χ2n) is 5.25. The Morgan fingerprint density at radius 1 is 1.35 bits per heavy atom. The summed E-state index contributed by atoms with van der Waals surface area (Å²) in [5.41, 5.74) is 1.56. The number of rotatable bonds is 2. The van der Waals surface area contributed by atoms with Crippen LogP contribution in [0.1, 0.15) is 41.8 Å². The highest BCUT2D eigenvalue weighted by molar-refractivity contribution is 8.00. The second-order valence-corrected chi connectivity index (χ2v) is 7.76. The number of fused-ring (bicyclic) bond motifs is 1. The molecule has 1 fully saturated rings. The minimum Gasteiger partial charge on any atom is -0.308 e.